The van der Waals surface area contributed by atoms with Crippen molar-refractivity contribution in [2.75, 3.05) is 32.7 Å². The maximum absolute atomic E-state index is 12.0. The van der Waals surface area contributed by atoms with E-state index in [1.807, 2.05) is 0 Å². The molecule has 0 amide bonds. The summed E-state index contributed by atoms with van der Waals surface area (Å²) in [6, 6.07) is 0.0331. The van der Waals surface area contributed by atoms with Crippen LogP contribution in [0.25, 0.3) is 0 Å². The van der Waals surface area contributed by atoms with Crippen molar-refractivity contribution < 1.29 is 18.3 Å². The highest BCUT2D eigenvalue weighted by Crippen LogP contribution is 2.25. The van der Waals surface area contributed by atoms with Gasteiger partial charge in [0.15, 0.2) is 0 Å². The topological polar surface area (TPSA) is 26.7 Å². The zero-order chi connectivity index (χ0) is 12.5. The quantitative estimate of drug-likeness (QED) is 0.811. The van der Waals surface area contributed by atoms with Crippen molar-refractivity contribution >= 4 is 0 Å². The van der Waals surface area contributed by atoms with E-state index in [4.69, 9.17) is 0 Å². The molecule has 17 heavy (non-hydrogen) atoms. The number of halogens is 3. The van der Waals surface area contributed by atoms with Crippen LogP contribution in [0, 0.1) is 0 Å². The van der Waals surface area contributed by atoms with Crippen LogP contribution < -0.4 is 0 Å². The number of alkyl halides is 3. The van der Waals surface area contributed by atoms with Crippen LogP contribution in [0.5, 0.6) is 0 Å². The zero-order valence-corrected chi connectivity index (χ0v) is 9.79. The van der Waals surface area contributed by atoms with Crippen LogP contribution in [0.2, 0.25) is 0 Å². The molecule has 1 N–H and O–H groups in total. The van der Waals surface area contributed by atoms with E-state index >= 15 is 0 Å². The Labute approximate surface area is 99.2 Å². The van der Waals surface area contributed by atoms with Crippen molar-refractivity contribution in [3.63, 3.8) is 0 Å². The SMILES string of the molecule is OC(CCCC(F)(F)F)C1CN2CCN1CC2. The maximum Gasteiger partial charge on any atom is 0.389 e. The number of hydrogen-bond acceptors (Lipinski definition) is 3. The van der Waals surface area contributed by atoms with Crippen molar-refractivity contribution in [1.82, 2.24) is 9.80 Å². The van der Waals surface area contributed by atoms with Gasteiger partial charge >= 0.3 is 6.18 Å². The first-order chi connectivity index (χ1) is 7.96. The van der Waals surface area contributed by atoms with Gasteiger partial charge in [-0.2, -0.15) is 13.2 Å². The minimum atomic E-state index is -4.10. The van der Waals surface area contributed by atoms with Gasteiger partial charge in [0, 0.05) is 45.2 Å². The van der Waals surface area contributed by atoms with Gasteiger partial charge in [0.2, 0.25) is 0 Å². The summed E-state index contributed by atoms with van der Waals surface area (Å²) >= 11 is 0. The number of nitrogens with zero attached hydrogens (tertiary/aromatic N) is 2. The van der Waals surface area contributed by atoms with Gasteiger partial charge in [-0.25, -0.2) is 0 Å². The largest absolute Gasteiger partial charge is 0.391 e. The predicted molar refractivity (Wildman–Crippen MR) is 57.7 cm³/mol. The highest BCUT2D eigenvalue weighted by atomic mass is 19.4. The van der Waals surface area contributed by atoms with Crippen LogP contribution in [0.1, 0.15) is 19.3 Å². The van der Waals surface area contributed by atoms with E-state index in [2.05, 4.69) is 9.80 Å². The van der Waals surface area contributed by atoms with E-state index in [9.17, 15) is 18.3 Å². The van der Waals surface area contributed by atoms with Crippen molar-refractivity contribution in [1.29, 1.82) is 0 Å². The van der Waals surface area contributed by atoms with Gasteiger partial charge in [-0.1, -0.05) is 0 Å². The van der Waals surface area contributed by atoms with E-state index in [1.54, 1.807) is 0 Å². The molecule has 3 heterocycles. The summed E-state index contributed by atoms with van der Waals surface area (Å²) in [5.74, 6) is 0. The van der Waals surface area contributed by atoms with Crippen LogP contribution >= 0.6 is 0 Å². The molecule has 100 valence electrons. The molecule has 2 bridgehead atoms. The van der Waals surface area contributed by atoms with Crippen LogP contribution in [0.4, 0.5) is 13.2 Å². The Hall–Kier alpha value is -0.330. The smallest absolute Gasteiger partial charge is 0.389 e. The fourth-order valence-corrected chi connectivity index (χ4v) is 2.73. The molecule has 0 radical (unpaired) electrons. The van der Waals surface area contributed by atoms with Gasteiger partial charge in [0.05, 0.1) is 6.10 Å². The lowest BCUT2D eigenvalue weighted by molar-refractivity contribution is -0.137. The van der Waals surface area contributed by atoms with Crippen LogP contribution in [0.15, 0.2) is 0 Å². The molecule has 0 aromatic heterocycles. The van der Waals surface area contributed by atoms with E-state index in [0.717, 1.165) is 32.7 Å². The molecule has 0 spiro atoms. The minimum Gasteiger partial charge on any atom is -0.391 e. The van der Waals surface area contributed by atoms with E-state index in [-0.39, 0.29) is 18.9 Å². The lowest BCUT2D eigenvalue weighted by atomic mass is 9.98. The highest BCUT2D eigenvalue weighted by molar-refractivity contribution is 4.91. The number of piperazine rings is 3. The summed E-state index contributed by atoms with van der Waals surface area (Å²) in [6.45, 7) is 4.70. The zero-order valence-electron chi connectivity index (χ0n) is 9.79. The standard InChI is InChI=1S/C11H19F3N2O/c12-11(13,14)3-1-2-10(17)9-8-15-4-6-16(9)7-5-15/h9-10,17H,1-8H2. The Balaban J connectivity index is 1.74. The molecule has 0 aliphatic carbocycles. The first-order valence-electron chi connectivity index (χ1n) is 6.17. The molecule has 0 aromatic carbocycles. The molecule has 0 aromatic rings. The summed E-state index contributed by atoms with van der Waals surface area (Å²) in [5.41, 5.74) is 0. The van der Waals surface area contributed by atoms with Crippen molar-refractivity contribution in [2.45, 2.75) is 37.6 Å². The second-order valence-corrected chi connectivity index (χ2v) is 4.98. The van der Waals surface area contributed by atoms with Gasteiger partial charge in [0.1, 0.15) is 0 Å². The Morgan fingerprint density at radius 3 is 2.29 bits per heavy atom. The van der Waals surface area contributed by atoms with Gasteiger partial charge in [-0.05, 0) is 12.8 Å². The molecule has 3 rings (SSSR count). The van der Waals surface area contributed by atoms with E-state index in [0.29, 0.717) is 0 Å². The minimum absolute atomic E-state index is 0.0228. The summed E-state index contributed by atoms with van der Waals surface area (Å²) in [6.07, 6.45) is -5.25. The monoisotopic (exact) mass is 252 g/mol. The third-order valence-electron chi connectivity index (χ3n) is 3.73. The molecule has 3 nitrogen and oxygen atoms in total. The predicted octanol–water partition coefficient (Wildman–Crippen LogP) is 1.08. The normalized spacial score (nSPS) is 34.9. The molecule has 2 unspecified atom stereocenters. The molecule has 6 heteroatoms. The summed E-state index contributed by atoms with van der Waals surface area (Å²) in [7, 11) is 0. The summed E-state index contributed by atoms with van der Waals surface area (Å²) in [5, 5.41) is 9.96. The molecule has 3 aliphatic heterocycles. The van der Waals surface area contributed by atoms with E-state index in [1.165, 1.54) is 0 Å². The Bertz CT molecular complexity index is 252. The summed E-state index contributed by atoms with van der Waals surface area (Å²) < 4.78 is 36.0. The lowest BCUT2D eigenvalue weighted by Crippen LogP contribution is -2.64. The average Bonchev–Trinajstić information content (AvgIpc) is 2.28. The molecular formula is C11H19F3N2O. The molecule has 3 aliphatic rings. The summed E-state index contributed by atoms with van der Waals surface area (Å²) in [4.78, 5) is 4.48. The van der Waals surface area contributed by atoms with Gasteiger partial charge < -0.3 is 5.11 Å². The Kier molecular flexibility index (Phi) is 3.95. The lowest BCUT2D eigenvalue weighted by Gasteiger charge is -2.49. The molecule has 3 saturated heterocycles. The fourth-order valence-electron chi connectivity index (χ4n) is 2.73. The van der Waals surface area contributed by atoms with E-state index < -0.39 is 18.7 Å². The van der Waals surface area contributed by atoms with Crippen molar-refractivity contribution in [3.05, 3.63) is 0 Å². The number of rotatable bonds is 4. The van der Waals surface area contributed by atoms with Gasteiger partial charge in [-0.3, -0.25) is 9.80 Å². The van der Waals surface area contributed by atoms with Crippen molar-refractivity contribution in [2.24, 2.45) is 0 Å². The Morgan fingerprint density at radius 2 is 1.82 bits per heavy atom. The fraction of sp³-hybridized carbons (Fsp3) is 1.00. The second kappa shape index (κ2) is 5.12. The molecule has 3 fully saturated rings. The Morgan fingerprint density at radius 1 is 1.18 bits per heavy atom. The molecule has 0 saturated carbocycles. The third-order valence-corrected chi connectivity index (χ3v) is 3.73. The number of aliphatic hydroxyl groups excluding tert-OH is 1. The first-order valence-corrected chi connectivity index (χ1v) is 6.17. The highest BCUT2D eigenvalue weighted by Gasteiger charge is 2.36. The second-order valence-electron chi connectivity index (χ2n) is 4.98. The molecule has 2 atom stereocenters. The van der Waals surface area contributed by atoms with Crippen LogP contribution in [0.3, 0.4) is 0 Å². The van der Waals surface area contributed by atoms with Crippen LogP contribution in [-0.4, -0.2) is 66.0 Å². The average molecular weight is 252 g/mol. The van der Waals surface area contributed by atoms with Gasteiger partial charge in [-0.15, -0.1) is 0 Å². The van der Waals surface area contributed by atoms with Crippen molar-refractivity contribution in [3.8, 4) is 0 Å². The maximum atomic E-state index is 12.0. The van der Waals surface area contributed by atoms with Gasteiger partial charge in [0.25, 0.3) is 0 Å². The molecular weight excluding hydrogens is 233 g/mol. The number of hydrogen-bond donors (Lipinski definition) is 1. The third kappa shape index (κ3) is 3.56. The first kappa shape index (κ1) is 13.1. The van der Waals surface area contributed by atoms with Crippen LogP contribution in [-0.2, 0) is 0 Å². The number of fused-ring (bicyclic) bond motifs is 3. The number of aliphatic hydroxyl groups is 1.